The predicted molar refractivity (Wildman–Crippen MR) is 131 cm³/mol. The van der Waals surface area contributed by atoms with Gasteiger partial charge in [-0.1, -0.05) is 57.0 Å². The SMILES string of the molecule is C=C(C)COC(=C)CCN(Cc1ccccc1)c1cc(NC(=C)C)c(N)cc1CC. The van der Waals surface area contributed by atoms with Gasteiger partial charge >= 0.3 is 0 Å². The molecule has 3 N–H and O–H groups in total. The summed E-state index contributed by atoms with van der Waals surface area (Å²) < 4.78 is 5.73. The monoisotopic (exact) mass is 405 g/mol. The lowest BCUT2D eigenvalue weighted by Crippen LogP contribution is -2.26. The number of ether oxygens (including phenoxy) is 1. The molecule has 2 aromatic rings. The van der Waals surface area contributed by atoms with E-state index in [1.807, 2.05) is 19.9 Å². The van der Waals surface area contributed by atoms with Gasteiger partial charge in [0.15, 0.2) is 0 Å². The van der Waals surface area contributed by atoms with Crippen molar-refractivity contribution < 1.29 is 4.74 Å². The number of hydrogen-bond donors (Lipinski definition) is 2. The minimum absolute atomic E-state index is 0.506. The van der Waals surface area contributed by atoms with Crippen molar-refractivity contribution in [2.75, 3.05) is 29.1 Å². The molecule has 0 bridgehead atoms. The lowest BCUT2D eigenvalue weighted by molar-refractivity contribution is 0.231. The highest BCUT2D eigenvalue weighted by atomic mass is 16.5. The van der Waals surface area contributed by atoms with Gasteiger partial charge in [0.05, 0.1) is 17.1 Å². The van der Waals surface area contributed by atoms with E-state index in [0.29, 0.717) is 6.61 Å². The molecular formula is C26H35N3O. The van der Waals surface area contributed by atoms with Crippen LogP contribution in [0.2, 0.25) is 0 Å². The highest BCUT2D eigenvalue weighted by molar-refractivity contribution is 5.76. The van der Waals surface area contributed by atoms with E-state index >= 15 is 0 Å². The molecule has 30 heavy (non-hydrogen) atoms. The van der Waals surface area contributed by atoms with Crippen LogP contribution in [0.25, 0.3) is 0 Å². The first kappa shape index (κ1) is 23.1. The van der Waals surface area contributed by atoms with E-state index in [1.165, 1.54) is 11.1 Å². The van der Waals surface area contributed by atoms with Gasteiger partial charge in [0.25, 0.3) is 0 Å². The van der Waals surface area contributed by atoms with Crippen LogP contribution in [0.4, 0.5) is 17.1 Å². The Hall–Kier alpha value is -3.14. The first-order valence-electron chi connectivity index (χ1n) is 10.4. The fraction of sp³-hybridized carbons (Fsp3) is 0.308. The number of nitrogens with two attached hydrogens (primary N) is 1. The highest BCUT2D eigenvalue weighted by Crippen LogP contribution is 2.32. The Labute approximate surface area is 181 Å². The third-order valence-corrected chi connectivity index (χ3v) is 4.72. The molecule has 0 unspecified atom stereocenters. The molecule has 2 aromatic carbocycles. The quantitative estimate of drug-likeness (QED) is 0.248. The molecule has 2 rings (SSSR count). The number of rotatable bonds is 12. The first-order valence-corrected chi connectivity index (χ1v) is 10.4. The molecule has 0 spiro atoms. The van der Waals surface area contributed by atoms with Crippen LogP contribution < -0.4 is 16.0 Å². The van der Waals surface area contributed by atoms with Crippen LogP contribution in [0.5, 0.6) is 0 Å². The van der Waals surface area contributed by atoms with Crippen molar-refractivity contribution in [1.82, 2.24) is 0 Å². The summed E-state index contributed by atoms with van der Waals surface area (Å²) in [6, 6.07) is 14.7. The van der Waals surface area contributed by atoms with E-state index in [4.69, 9.17) is 10.5 Å². The summed E-state index contributed by atoms with van der Waals surface area (Å²) in [6.07, 6.45) is 1.63. The van der Waals surface area contributed by atoms with Crippen LogP contribution in [0.3, 0.4) is 0 Å². The Kier molecular flexibility index (Phi) is 8.60. The van der Waals surface area contributed by atoms with E-state index < -0.39 is 0 Å². The molecule has 4 heteroatoms. The maximum absolute atomic E-state index is 6.29. The molecule has 0 saturated carbocycles. The van der Waals surface area contributed by atoms with Crippen molar-refractivity contribution in [3.63, 3.8) is 0 Å². The van der Waals surface area contributed by atoms with E-state index in [9.17, 15) is 0 Å². The normalized spacial score (nSPS) is 10.4. The van der Waals surface area contributed by atoms with Gasteiger partial charge in [-0.2, -0.15) is 0 Å². The minimum Gasteiger partial charge on any atom is -0.494 e. The zero-order chi connectivity index (χ0) is 22.1. The average molecular weight is 406 g/mol. The summed E-state index contributed by atoms with van der Waals surface area (Å²) in [5.41, 5.74) is 13.4. The second-order valence-electron chi connectivity index (χ2n) is 7.77. The van der Waals surface area contributed by atoms with Crippen molar-refractivity contribution in [3.8, 4) is 0 Å². The van der Waals surface area contributed by atoms with Gasteiger partial charge in [-0.3, -0.25) is 0 Å². The zero-order valence-corrected chi connectivity index (χ0v) is 18.6. The molecule has 0 heterocycles. The van der Waals surface area contributed by atoms with Gasteiger partial charge in [-0.05, 0) is 49.1 Å². The number of allylic oxidation sites excluding steroid dienone is 1. The van der Waals surface area contributed by atoms with Crippen LogP contribution in [-0.2, 0) is 17.7 Å². The van der Waals surface area contributed by atoms with Crippen LogP contribution >= 0.6 is 0 Å². The van der Waals surface area contributed by atoms with Gasteiger partial charge in [0.1, 0.15) is 6.61 Å². The number of nitrogens with zero attached hydrogens (tertiary/aromatic N) is 1. The molecule has 0 aromatic heterocycles. The van der Waals surface area contributed by atoms with Crippen molar-refractivity contribution in [2.24, 2.45) is 0 Å². The predicted octanol–water partition coefficient (Wildman–Crippen LogP) is 6.28. The molecule has 0 radical (unpaired) electrons. The number of nitrogen functional groups attached to an aromatic ring is 1. The van der Waals surface area contributed by atoms with Crippen LogP contribution in [-0.4, -0.2) is 13.2 Å². The summed E-state index contributed by atoms with van der Waals surface area (Å²) in [5.74, 6) is 0.768. The van der Waals surface area contributed by atoms with Gasteiger partial charge in [-0.25, -0.2) is 0 Å². The Morgan fingerprint density at radius 2 is 1.80 bits per heavy atom. The number of hydrogen-bond acceptors (Lipinski definition) is 4. The molecule has 0 aliphatic carbocycles. The third-order valence-electron chi connectivity index (χ3n) is 4.72. The lowest BCUT2D eigenvalue weighted by atomic mass is 10.0. The van der Waals surface area contributed by atoms with E-state index in [2.05, 4.69) is 73.3 Å². The smallest absolute Gasteiger partial charge is 0.108 e. The fourth-order valence-electron chi connectivity index (χ4n) is 3.21. The Balaban J connectivity index is 2.33. The number of anilines is 3. The Bertz CT molecular complexity index is 887. The maximum atomic E-state index is 6.29. The largest absolute Gasteiger partial charge is 0.494 e. The molecule has 0 amide bonds. The standard InChI is InChI=1S/C26H35N3O/c1-7-23-15-24(27)25(28-20(4)5)16-26(23)29(17-22-11-9-8-10-12-22)14-13-21(6)30-18-19(2)3/h8-12,15-16,28H,2,4,6-7,13-14,17-18,27H2,1,3,5H3. The van der Waals surface area contributed by atoms with Crippen LogP contribution in [0, 0.1) is 0 Å². The average Bonchev–Trinajstić information content (AvgIpc) is 2.71. The Morgan fingerprint density at radius 3 is 2.40 bits per heavy atom. The molecule has 0 aliphatic heterocycles. The summed E-state index contributed by atoms with van der Waals surface area (Å²) in [7, 11) is 0. The van der Waals surface area contributed by atoms with Gasteiger partial charge in [-0.15, -0.1) is 0 Å². The number of benzene rings is 2. The van der Waals surface area contributed by atoms with Crippen LogP contribution in [0.1, 0.15) is 38.3 Å². The second-order valence-corrected chi connectivity index (χ2v) is 7.77. The van der Waals surface area contributed by atoms with Crippen LogP contribution in [0.15, 0.2) is 79.2 Å². The number of aryl methyl sites for hydroxylation is 1. The fourth-order valence-corrected chi connectivity index (χ4v) is 3.21. The van der Waals surface area contributed by atoms with Gasteiger partial charge in [0.2, 0.25) is 0 Å². The molecule has 0 aliphatic rings. The van der Waals surface area contributed by atoms with Crippen molar-refractivity contribution in [3.05, 3.63) is 90.4 Å². The van der Waals surface area contributed by atoms with E-state index in [1.54, 1.807) is 0 Å². The molecule has 4 nitrogen and oxygen atoms in total. The second kappa shape index (κ2) is 11.1. The summed E-state index contributed by atoms with van der Waals surface area (Å²) in [5, 5.41) is 3.28. The van der Waals surface area contributed by atoms with E-state index in [0.717, 1.165) is 60.0 Å². The molecule has 0 atom stereocenters. The Morgan fingerprint density at radius 1 is 1.10 bits per heavy atom. The minimum atomic E-state index is 0.506. The summed E-state index contributed by atoms with van der Waals surface area (Å²) in [4.78, 5) is 2.37. The molecule has 0 saturated heterocycles. The summed E-state index contributed by atoms with van der Waals surface area (Å²) >= 11 is 0. The lowest BCUT2D eigenvalue weighted by Gasteiger charge is -2.29. The zero-order valence-electron chi connectivity index (χ0n) is 18.6. The third kappa shape index (κ3) is 7.03. The van der Waals surface area contributed by atoms with E-state index in [-0.39, 0.29) is 0 Å². The maximum Gasteiger partial charge on any atom is 0.108 e. The highest BCUT2D eigenvalue weighted by Gasteiger charge is 2.15. The first-order chi connectivity index (χ1) is 14.3. The molecule has 160 valence electrons. The molecular weight excluding hydrogens is 370 g/mol. The van der Waals surface area contributed by atoms with Crippen molar-refractivity contribution in [1.29, 1.82) is 0 Å². The van der Waals surface area contributed by atoms with Gasteiger partial charge in [0, 0.05) is 30.9 Å². The van der Waals surface area contributed by atoms with Gasteiger partial charge < -0.3 is 20.7 Å². The summed E-state index contributed by atoms with van der Waals surface area (Å²) in [6.45, 7) is 20.0. The topological polar surface area (TPSA) is 50.5 Å². The molecule has 0 fully saturated rings. The van der Waals surface area contributed by atoms with Crippen molar-refractivity contribution >= 4 is 17.1 Å². The number of nitrogens with one attached hydrogen (secondary N) is 1. The van der Waals surface area contributed by atoms with Crippen molar-refractivity contribution in [2.45, 2.75) is 40.2 Å².